The molecule has 1 aromatic carbocycles. The molecule has 0 aliphatic carbocycles. The van der Waals surface area contributed by atoms with Crippen LogP contribution in [-0.2, 0) is 6.42 Å². The number of aryl methyl sites for hydroxylation is 1. The fourth-order valence-electron chi connectivity index (χ4n) is 2.81. The molecule has 1 unspecified atom stereocenters. The van der Waals surface area contributed by atoms with Crippen LogP contribution in [0.5, 0.6) is 0 Å². The summed E-state index contributed by atoms with van der Waals surface area (Å²) in [6.07, 6.45) is 3.53. The first-order valence-corrected chi connectivity index (χ1v) is 8.19. The highest BCUT2D eigenvalue weighted by Crippen LogP contribution is 2.23. The number of hydrogen-bond donors (Lipinski definition) is 1. The van der Waals surface area contributed by atoms with E-state index in [9.17, 15) is 0 Å². The smallest absolute Gasteiger partial charge is 0.234 e. The minimum absolute atomic E-state index is 0.799. The SMILES string of the molecule is c1ccc(-c2nnc3sc(CCC4CCNC4)nn23)cc1. The lowest BCUT2D eigenvalue weighted by Crippen LogP contribution is -2.09. The molecule has 108 valence electrons. The third-order valence-corrected chi connectivity index (χ3v) is 4.95. The molecule has 3 heterocycles. The Balaban J connectivity index is 1.57. The summed E-state index contributed by atoms with van der Waals surface area (Å²) in [7, 11) is 0. The number of fused-ring (bicyclic) bond motifs is 1. The third kappa shape index (κ3) is 2.56. The normalized spacial score (nSPS) is 18.6. The second-order valence-electron chi connectivity index (χ2n) is 5.48. The Morgan fingerprint density at radius 3 is 2.95 bits per heavy atom. The molecular formula is C15H17N5S. The van der Waals surface area contributed by atoms with Crippen LogP contribution in [0.25, 0.3) is 16.3 Å². The summed E-state index contributed by atoms with van der Waals surface area (Å²) in [6, 6.07) is 10.1. The predicted octanol–water partition coefficient (Wildman–Crippen LogP) is 2.39. The van der Waals surface area contributed by atoms with Gasteiger partial charge in [-0.15, -0.1) is 10.2 Å². The van der Waals surface area contributed by atoms with Gasteiger partial charge in [0, 0.05) is 12.0 Å². The van der Waals surface area contributed by atoms with Crippen molar-refractivity contribution in [2.75, 3.05) is 13.1 Å². The van der Waals surface area contributed by atoms with Crippen molar-refractivity contribution in [3.63, 3.8) is 0 Å². The van der Waals surface area contributed by atoms with Crippen LogP contribution in [0.1, 0.15) is 17.8 Å². The second-order valence-corrected chi connectivity index (χ2v) is 6.52. The van der Waals surface area contributed by atoms with Crippen molar-refractivity contribution < 1.29 is 0 Å². The first-order valence-electron chi connectivity index (χ1n) is 7.37. The maximum atomic E-state index is 4.70. The summed E-state index contributed by atoms with van der Waals surface area (Å²) in [6.45, 7) is 2.31. The molecule has 1 N–H and O–H groups in total. The maximum Gasteiger partial charge on any atom is 0.234 e. The minimum Gasteiger partial charge on any atom is -0.316 e. The Bertz CT molecular complexity index is 727. The molecule has 2 aromatic heterocycles. The Morgan fingerprint density at radius 1 is 1.24 bits per heavy atom. The molecule has 5 nitrogen and oxygen atoms in total. The van der Waals surface area contributed by atoms with Gasteiger partial charge in [-0.1, -0.05) is 41.7 Å². The van der Waals surface area contributed by atoms with Crippen molar-refractivity contribution in [1.82, 2.24) is 25.1 Å². The fourth-order valence-corrected chi connectivity index (χ4v) is 3.66. The Labute approximate surface area is 127 Å². The molecule has 4 rings (SSSR count). The van der Waals surface area contributed by atoms with Gasteiger partial charge in [0.1, 0.15) is 5.01 Å². The maximum absolute atomic E-state index is 4.70. The van der Waals surface area contributed by atoms with Crippen LogP contribution in [0.2, 0.25) is 0 Å². The molecule has 0 bridgehead atoms. The van der Waals surface area contributed by atoms with E-state index in [1.807, 2.05) is 34.8 Å². The summed E-state index contributed by atoms with van der Waals surface area (Å²) in [4.78, 5) is 0.883. The first kappa shape index (κ1) is 12.9. The standard InChI is InChI=1S/C15H17N5S/c1-2-4-12(5-3-1)14-17-18-15-20(14)19-13(21-15)7-6-11-8-9-16-10-11/h1-5,11,16H,6-10H2. The Kier molecular flexibility index (Phi) is 3.40. The quantitative estimate of drug-likeness (QED) is 0.804. The van der Waals surface area contributed by atoms with E-state index in [2.05, 4.69) is 15.5 Å². The summed E-state index contributed by atoms with van der Waals surface area (Å²) in [5.74, 6) is 1.63. The van der Waals surface area contributed by atoms with E-state index in [1.54, 1.807) is 11.3 Å². The molecule has 1 aliphatic heterocycles. The van der Waals surface area contributed by atoms with Gasteiger partial charge in [0.25, 0.3) is 0 Å². The third-order valence-electron chi connectivity index (χ3n) is 3.99. The van der Waals surface area contributed by atoms with Crippen LogP contribution < -0.4 is 5.32 Å². The number of nitrogens with one attached hydrogen (secondary N) is 1. The van der Waals surface area contributed by atoms with Crippen LogP contribution in [-0.4, -0.2) is 32.9 Å². The van der Waals surface area contributed by atoms with Crippen LogP contribution in [0.15, 0.2) is 30.3 Å². The molecule has 21 heavy (non-hydrogen) atoms. The highest BCUT2D eigenvalue weighted by molar-refractivity contribution is 7.16. The number of nitrogens with zero attached hydrogens (tertiary/aromatic N) is 4. The van der Waals surface area contributed by atoms with E-state index in [1.165, 1.54) is 12.8 Å². The predicted molar refractivity (Wildman–Crippen MR) is 83.4 cm³/mol. The molecule has 1 aliphatic rings. The number of hydrogen-bond acceptors (Lipinski definition) is 5. The zero-order valence-electron chi connectivity index (χ0n) is 11.7. The topological polar surface area (TPSA) is 55.1 Å². The molecule has 6 heteroatoms. The van der Waals surface area contributed by atoms with Crippen LogP contribution in [0.4, 0.5) is 0 Å². The van der Waals surface area contributed by atoms with Crippen LogP contribution >= 0.6 is 11.3 Å². The van der Waals surface area contributed by atoms with E-state index < -0.39 is 0 Å². The number of benzene rings is 1. The van der Waals surface area contributed by atoms with Crippen molar-refractivity contribution >= 4 is 16.3 Å². The molecule has 0 saturated carbocycles. The van der Waals surface area contributed by atoms with E-state index in [0.717, 1.165) is 46.8 Å². The van der Waals surface area contributed by atoms with Crippen LogP contribution in [0, 0.1) is 5.92 Å². The highest BCUT2D eigenvalue weighted by atomic mass is 32.1. The van der Waals surface area contributed by atoms with Gasteiger partial charge in [0.2, 0.25) is 4.96 Å². The molecule has 0 amide bonds. The minimum atomic E-state index is 0.799. The van der Waals surface area contributed by atoms with Crippen LogP contribution in [0.3, 0.4) is 0 Å². The lowest BCUT2D eigenvalue weighted by molar-refractivity contribution is 0.530. The average molecular weight is 299 g/mol. The second kappa shape index (κ2) is 5.54. The zero-order valence-corrected chi connectivity index (χ0v) is 12.5. The summed E-state index contributed by atoms with van der Waals surface area (Å²) < 4.78 is 1.88. The molecule has 0 spiro atoms. The molecule has 1 atom stereocenters. The summed E-state index contributed by atoms with van der Waals surface area (Å²) >= 11 is 1.65. The number of rotatable bonds is 4. The van der Waals surface area contributed by atoms with Crippen molar-refractivity contribution in [3.8, 4) is 11.4 Å². The Hall–Kier alpha value is -1.79. The van der Waals surface area contributed by atoms with E-state index in [-0.39, 0.29) is 0 Å². The van der Waals surface area contributed by atoms with Gasteiger partial charge >= 0.3 is 0 Å². The summed E-state index contributed by atoms with van der Waals surface area (Å²) in [5, 5.41) is 17.8. The molecule has 1 saturated heterocycles. The van der Waals surface area contributed by atoms with Gasteiger partial charge in [-0.25, -0.2) is 0 Å². The van der Waals surface area contributed by atoms with Crippen molar-refractivity contribution in [2.45, 2.75) is 19.3 Å². The number of aromatic nitrogens is 4. The summed E-state index contributed by atoms with van der Waals surface area (Å²) in [5.41, 5.74) is 1.06. The lowest BCUT2D eigenvalue weighted by atomic mass is 10.0. The zero-order chi connectivity index (χ0) is 14.1. The van der Waals surface area contributed by atoms with Crippen molar-refractivity contribution in [1.29, 1.82) is 0 Å². The molecule has 3 aromatic rings. The largest absolute Gasteiger partial charge is 0.316 e. The van der Waals surface area contributed by atoms with E-state index in [0.29, 0.717) is 0 Å². The van der Waals surface area contributed by atoms with Gasteiger partial charge in [0.15, 0.2) is 5.82 Å². The van der Waals surface area contributed by atoms with Crippen molar-refractivity contribution in [3.05, 3.63) is 35.3 Å². The average Bonchev–Trinajstić information content (AvgIpc) is 3.22. The van der Waals surface area contributed by atoms with Gasteiger partial charge in [-0.3, -0.25) is 0 Å². The molecule has 1 fully saturated rings. The van der Waals surface area contributed by atoms with E-state index in [4.69, 9.17) is 5.10 Å². The lowest BCUT2D eigenvalue weighted by Gasteiger charge is -2.04. The molecular weight excluding hydrogens is 282 g/mol. The monoisotopic (exact) mass is 299 g/mol. The fraction of sp³-hybridized carbons (Fsp3) is 0.400. The first-order chi connectivity index (χ1) is 10.4. The van der Waals surface area contributed by atoms with Gasteiger partial charge < -0.3 is 5.32 Å². The molecule has 0 radical (unpaired) electrons. The van der Waals surface area contributed by atoms with Gasteiger partial charge in [-0.2, -0.15) is 9.61 Å². The Morgan fingerprint density at radius 2 is 2.14 bits per heavy atom. The van der Waals surface area contributed by atoms with Gasteiger partial charge in [0.05, 0.1) is 0 Å². The highest BCUT2D eigenvalue weighted by Gasteiger charge is 2.17. The van der Waals surface area contributed by atoms with Crippen molar-refractivity contribution in [2.24, 2.45) is 5.92 Å². The van der Waals surface area contributed by atoms with Gasteiger partial charge in [-0.05, 0) is 31.8 Å². The van der Waals surface area contributed by atoms with E-state index >= 15 is 0 Å².